The summed E-state index contributed by atoms with van der Waals surface area (Å²) in [6, 6.07) is 12.4. The predicted octanol–water partition coefficient (Wildman–Crippen LogP) is 7.07. The summed E-state index contributed by atoms with van der Waals surface area (Å²) in [4.78, 5) is 26.6. The number of benzene rings is 1. The first-order valence-corrected chi connectivity index (χ1v) is 13.9. The van der Waals surface area contributed by atoms with Gasteiger partial charge in [0.25, 0.3) is 5.91 Å². The van der Waals surface area contributed by atoms with Crippen LogP contribution in [0, 0.1) is 5.92 Å². The van der Waals surface area contributed by atoms with Crippen LogP contribution in [-0.4, -0.2) is 31.5 Å². The first-order valence-electron chi connectivity index (χ1n) is 12.7. The molecule has 0 radical (unpaired) electrons. The van der Waals surface area contributed by atoms with Crippen molar-refractivity contribution in [3.05, 3.63) is 64.0 Å². The second-order valence-corrected chi connectivity index (χ2v) is 11.8. The van der Waals surface area contributed by atoms with Crippen LogP contribution in [0.3, 0.4) is 0 Å². The zero-order valence-electron chi connectivity index (χ0n) is 20.8. The Kier molecular flexibility index (Phi) is 6.46. The molecule has 1 fully saturated rings. The molecule has 1 N–H and O–H groups in total. The van der Waals surface area contributed by atoms with Gasteiger partial charge in [0.2, 0.25) is 0 Å². The zero-order valence-corrected chi connectivity index (χ0v) is 22.4. The van der Waals surface area contributed by atoms with Gasteiger partial charge in [0.05, 0.1) is 17.9 Å². The molecule has 0 unspecified atom stereocenters. The molecule has 1 saturated carbocycles. The highest BCUT2D eigenvalue weighted by Gasteiger charge is 2.29. The Bertz CT molecular complexity index is 1550. The molecule has 0 aliphatic heterocycles. The van der Waals surface area contributed by atoms with E-state index >= 15 is 0 Å². The second-order valence-electron chi connectivity index (χ2n) is 10.2. The highest BCUT2D eigenvalue weighted by atomic mass is 35.5. The SMILES string of the molecule is CC(C)Cc1nc2cnc(-c3cc4ccccc4o3)cc2n1[C@@H]1CCC[C@H](NC(=O)c2ncc(Cl)s2)C1. The zero-order chi connectivity index (χ0) is 25.5. The number of fused-ring (bicyclic) bond motifs is 2. The molecule has 0 spiro atoms. The Labute approximate surface area is 223 Å². The summed E-state index contributed by atoms with van der Waals surface area (Å²) >= 11 is 7.19. The van der Waals surface area contributed by atoms with Gasteiger partial charge >= 0.3 is 0 Å². The number of furan rings is 1. The van der Waals surface area contributed by atoms with Crippen molar-refractivity contribution in [2.24, 2.45) is 5.92 Å². The predicted molar refractivity (Wildman–Crippen MR) is 147 cm³/mol. The number of carbonyl (C=O) groups excluding carboxylic acids is 1. The number of pyridine rings is 1. The lowest BCUT2D eigenvalue weighted by Gasteiger charge is -2.32. The number of amides is 1. The summed E-state index contributed by atoms with van der Waals surface area (Å²) in [6.45, 7) is 4.43. The smallest absolute Gasteiger partial charge is 0.280 e. The molecule has 0 saturated heterocycles. The normalized spacial score (nSPS) is 18.2. The summed E-state index contributed by atoms with van der Waals surface area (Å²) < 4.78 is 9.02. The highest BCUT2D eigenvalue weighted by molar-refractivity contribution is 7.17. The minimum Gasteiger partial charge on any atom is -0.454 e. The van der Waals surface area contributed by atoms with Gasteiger partial charge < -0.3 is 14.3 Å². The number of rotatable bonds is 6. The van der Waals surface area contributed by atoms with Crippen molar-refractivity contribution in [2.45, 2.75) is 58.0 Å². The first-order chi connectivity index (χ1) is 17.9. The van der Waals surface area contributed by atoms with Crippen molar-refractivity contribution < 1.29 is 9.21 Å². The van der Waals surface area contributed by atoms with Gasteiger partial charge in [-0.25, -0.2) is 9.97 Å². The van der Waals surface area contributed by atoms with Crippen LogP contribution >= 0.6 is 22.9 Å². The minimum absolute atomic E-state index is 0.0648. The lowest BCUT2D eigenvalue weighted by atomic mass is 9.90. The summed E-state index contributed by atoms with van der Waals surface area (Å²) in [5.74, 6) is 2.12. The molecule has 1 amide bonds. The van der Waals surface area contributed by atoms with E-state index in [2.05, 4.69) is 34.8 Å². The first kappa shape index (κ1) is 24.1. The van der Waals surface area contributed by atoms with Gasteiger partial charge in [-0.2, -0.15) is 0 Å². The molecule has 7 nitrogen and oxygen atoms in total. The van der Waals surface area contributed by atoms with Gasteiger partial charge in [-0.3, -0.25) is 9.78 Å². The number of halogens is 1. The maximum absolute atomic E-state index is 12.8. The van der Waals surface area contributed by atoms with Crippen LogP contribution in [0.1, 0.15) is 61.2 Å². The third-order valence-corrected chi connectivity index (χ3v) is 8.05. The fraction of sp³-hybridized carbons (Fsp3) is 0.357. The van der Waals surface area contributed by atoms with Gasteiger partial charge in [0.1, 0.15) is 27.0 Å². The van der Waals surface area contributed by atoms with Gasteiger partial charge in [0, 0.05) is 23.9 Å². The van der Waals surface area contributed by atoms with Crippen molar-refractivity contribution in [3.63, 3.8) is 0 Å². The molecule has 9 heteroatoms. The summed E-state index contributed by atoms with van der Waals surface area (Å²) in [5, 5.41) is 4.65. The number of imidazole rings is 1. The molecule has 4 aromatic heterocycles. The van der Waals surface area contributed by atoms with Crippen LogP contribution in [0.5, 0.6) is 0 Å². The largest absolute Gasteiger partial charge is 0.454 e. The average molecular weight is 534 g/mol. The molecular formula is C28H28ClN5O2S. The molecule has 1 aliphatic carbocycles. The quantitative estimate of drug-likeness (QED) is 0.252. The van der Waals surface area contributed by atoms with E-state index in [0.29, 0.717) is 15.3 Å². The van der Waals surface area contributed by atoms with E-state index in [9.17, 15) is 4.79 Å². The number of para-hydroxylation sites is 1. The Balaban J connectivity index is 1.34. The Hall–Kier alpha value is -3.23. The van der Waals surface area contributed by atoms with Crippen molar-refractivity contribution in [1.29, 1.82) is 0 Å². The van der Waals surface area contributed by atoms with Gasteiger partial charge in [0.15, 0.2) is 10.8 Å². The molecule has 0 bridgehead atoms. The van der Waals surface area contributed by atoms with Crippen molar-refractivity contribution >= 4 is 50.8 Å². The van der Waals surface area contributed by atoms with E-state index in [-0.39, 0.29) is 18.0 Å². The lowest BCUT2D eigenvalue weighted by molar-refractivity contribution is 0.0920. The maximum atomic E-state index is 12.8. The molecule has 4 heterocycles. The van der Waals surface area contributed by atoms with Crippen LogP contribution in [0.4, 0.5) is 0 Å². The number of nitrogens with zero attached hydrogens (tertiary/aromatic N) is 4. The summed E-state index contributed by atoms with van der Waals surface area (Å²) in [5.41, 5.74) is 3.59. The second kappa shape index (κ2) is 9.91. The van der Waals surface area contributed by atoms with Crippen molar-refractivity contribution in [2.75, 3.05) is 0 Å². The molecular weight excluding hydrogens is 506 g/mol. The van der Waals surface area contributed by atoms with Gasteiger partial charge in [-0.1, -0.05) is 55.0 Å². The fourth-order valence-electron chi connectivity index (χ4n) is 5.34. The molecule has 1 aliphatic rings. The van der Waals surface area contributed by atoms with Crippen LogP contribution < -0.4 is 5.32 Å². The van der Waals surface area contributed by atoms with Crippen molar-refractivity contribution in [1.82, 2.24) is 24.8 Å². The lowest BCUT2D eigenvalue weighted by Crippen LogP contribution is -2.39. The topological polar surface area (TPSA) is 85.8 Å². The number of hydrogen-bond acceptors (Lipinski definition) is 6. The molecule has 1 aromatic carbocycles. The maximum Gasteiger partial charge on any atom is 0.280 e. The third-order valence-electron chi connectivity index (χ3n) is 6.94. The molecule has 2 atom stereocenters. The number of thiazole rings is 1. The van der Waals surface area contributed by atoms with E-state index in [0.717, 1.165) is 71.4 Å². The third kappa shape index (κ3) is 4.88. The Morgan fingerprint density at radius 2 is 2.08 bits per heavy atom. The van der Waals surface area contributed by atoms with Gasteiger partial charge in [-0.05, 0) is 49.8 Å². The average Bonchev–Trinajstić information content (AvgIpc) is 3.59. The minimum atomic E-state index is -0.156. The van der Waals surface area contributed by atoms with E-state index in [1.54, 1.807) is 0 Å². The van der Waals surface area contributed by atoms with E-state index in [4.69, 9.17) is 26.0 Å². The summed E-state index contributed by atoms with van der Waals surface area (Å²) in [6.07, 6.45) is 8.09. The van der Waals surface area contributed by atoms with Crippen LogP contribution in [0.25, 0.3) is 33.5 Å². The number of nitrogens with one attached hydrogen (secondary N) is 1. The highest BCUT2D eigenvalue weighted by Crippen LogP contribution is 2.35. The number of hydrogen-bond donors (Lipinski definition) is 1. The van der Waals surface area contributed by atoms with Crippen molar-refractivity contribution in [3.8, 4) is 11.5 Å². The number of aromatic nitrogens is 4. The van der Waals surface area contributed by atoms with E-state index < -0.39 is 0 Å². The molecule has 37 heavy (non-hydrogen) atoms. The summed E-state index contributed by atoms with van der Waals surface area (Å²) in [7, 11) is 0. The monoisotopic (exact) mass is 533 g/mol. The van der Waals surface area contributed by atoms with E-state index in [1.165, 1.54) is 17.5 Å². The van der Waals surface area contributed by atoms with Crippen LogP contribution in [0.15, 0.2) is 53.2 Å². The number of carbonyl (C=O) groups is 1. The molecule has 6 rings (SSSR count). The van der Waals surface area contributed by atoms with E-state index in [1.807, 2.05) is 36.5 Å². The van der Waals surface area contributed by atoms with Crippen LogP contribution in [-0.2, 0) is 6.42 Å². The Morgan fingerprint density at radius 3 is 2.86 bits per heavy atom. The van der Waals surface area contributed by atoms with Crippen LogP contribution in [0.2, 0.25) is 4.34 Å². The molecule has 5 aromatic rings. The van der Waals surface area contributed by atoms with Gasteiger partial charge in [-0.15, -0.1) is 0 Å². The molecule has 190 valence electrons. The fourth-order valence-corrected chi connectivity index (χ4v) is 6.16. The Morgan fingerprint density at radius 1 is 1.22 bits per heavy atom. The standard InChI is InChI=1S/C28H28ClN5O2S/c1-16(2)10-26-33-21-14-30-20(24-11-17-6-3-4-9-23(17)36-24)13-22(21)34(26)19-8-5-7-18(12-19)32-27(35)28-31-15-25(29)37-28/h3-4,6,9,11,13-16,18-19H,5,7-8,10,12H2,1-2H3,(H,32,35)/t18-,19+/m0/s1.